The maximum absolute atomic E-state index is 12.1. The molecule has 0 unspecified atom stereocenters. The van der Waals surface area contributed by atoms with E-state index in [1.54, 1.807) is 0 Å². The molecule has 2 N–H and O–H groups in total. The second-order valence-electron chi connectivity index (χ2n) is 7.10. The number of nitrogens with zero attached hydrogens (tertiary/aromatic N) is 4. The SMILES string of the molecule is Cc1ccc2nc(Nc3nc(CSc4nc5ccccc5o4)cc(=O)[nH]3)nc(C)c2c1. The number of aromatic amines is 1. The molecule has 5 rings (SSSR count). The van der Waals surface area contributed by atoms with Gasteiger partial charge in [-0.25, -0.2) is 19.9 Å². The van der Waals surface area contributed by atoms with Crippen LogP contribution in [0.4, 0.5) is 11.9 Å². The van der Waals surface area contributed by atoms with Crippen LogP contribution in [-0.2, 0) is 5.75 Å². The second-order valence-corrected chi connectivity index (χ2v) is 8.03. The second kappa shape index (κ2) is 7.84. The van der Waals surface area contributed by atoms with Crippen LogP contribution >= 0.6 is 11.8 Å². The van der Waals surface area contributed by atoms with Gasteiger partial charge in [0.1, 0.15) is 5.52 Å². The number of H-pyrrole nitrogens is 1. The Labute approximate surface area is 181 Å². The van der Waals surface area contributed by atoms with Crippen LogP contribution in [0.25, 0.3) is 22.0 Å². The summed E-state index contributed by atoms with van der Waals surface area (Å²) in [4.78, 5) is 32.8. The molecule has 0 aliphatic carbocycles. The zero-order valence-corrected chi connectivity index (χ0v) is 17.7. The van der Waals surface area contributed by atoms with E-state index in [-0.39, 0.29) is 11.5 Å². The largest absolute Gasteiger partial charge is 0.431 e. The Morgan fingerprint density at radius 3 is 2.74 bits per heavy atom. The minimum absolute atomic E-state index is 0.265. The normalized spacial score (nSPS) is 11.3. The van der Waals surface area contributed by atoms with Crippen molar-refractivity contribution < 1.29 is 4.42 Å². The highest BCUT2D eigenvalue weighted by molar-refractivity contribution is 7.98. The molecule has 0 amide bonds. The average molecular weight is 430 g/mol. The van der Waals surface area contributed by atoms with Crippen molar-refractivity contribution in [1.29, 1.82) is 0 Å². The predicted octanol–water partition coefficient (Wildman–Crippen LogP) is 4.51. The highest BCUT2D eigenvalue weighted by Gasteiger charge is 2.10. The van der Waals surface area contributed by atoms with Gasteiger partial charge in [-0.15, -0.1) is 0 Å². The maximum atomic E-state index is 12.1. The Bertz CT molecular complexity index is 1440. The van der Waals surface area contributed by atoms with Gasteiger partial charge in [0.15, 0.2) is 5.58 Å². The molecule has 0 spiro atoms. The van der Waals surface area contributed by atoms with Gasteiger partial charge >= 0.3 is 0 Å². The average Bonchev–Trinajstić information content (AvgIpc) is 3.16. The topological polar surface area (TPSA) is 110 Å². The number of nitrogens with one attached hydrogen (secondary N) is 2. The molecule has 0 aliphatic rings. The molecule has 0 aliphatic heterocycles. The van der Waals surface area contributed by atoms with Crippen LogP contribution < -0.4 is 10.9 Å². The molecule has 0 saturated carbocycles. The number of para-hydroxylation sites is 2. The van der Waals surface area contributed by atoms with E-state index in [2.05, 4.69) is 36.3 Å². The number of benzene rings is 2. The summed E-state index contributed by atoms with van der Waals surface area (Å²) in [7, 11) is 0. The van der Waals surface area contributed by atoms with Crippen molar-refractivity contribution in [3.8, 4) is 0 Å². The first-order valence-electron chi connectivity index (χ1n) is 9.64. The lowest BCUT2D eigenvalue weighted by molar-refractivity contribution is 0.489. The molecule has 2 aromatic carbocycles. The van der Waals surface area contributed by atoms with Crippen LogP contribution in [0.3, 0.4) is 0 Å². The number of hydrogen-bond acceptors (Lipinski definition) is 8. The monoisotopic (exact) mass is 430 g/mol. The zero-order chi connectivity index (χ0) is 21.4. The van der Waals surface area contributed by atoms with E-state index < -0.39 is 0 Å². The molecular formula is C22H18N6O2S. The quantitative estimate of drug-likeness (QED) is 0.392. The molecule has 8 nitrogen and oxygen atoms in total. The summed E-state index contributed by atoms with van der Waals surface area (Å²) in [6.45, 7) is 3.96. The van der Waals surface area contributed by atoms with Crippen LogP contribution in [0.1, 0.15) is 17.0 Å². The van der Waals surface area contributed by atoms with Crippen molar-refractivity contribution in [3.63, 3.8) is 0 Å². The van der Waals surface area contributed by atoms with Crippen molar-refractivity contribution >= 4 is 45.7 Å². The summed E-state index contributed by atoms with van der Waals surface area (Å²) in [6, 6.07) is 15.0. The van der Waals surface area contributed by atoms with Crippen molar-refractivity contribution in [2.45, 2.75) is 24.8 Å². The van der Waals surface area contributed by atoms with Gasteiger partial charge in [0.25, 0.3) is 10.8 Å². The number of anilines is 2. The summed E-state index contributed by atoms with van der Waals surface area (Å²) in [5, 5.41) is 4.54. The highest BCUT2D eigenvalue weighted by atomic mass is 32.2. The fourth-order valence-electron chi connectivity index (χ4n) is 3.25. The molecule has 31 heavy (non-hydrogen) atoms. The van der Waals surface area contributed by atoms with Crippen LogP contribution in [0.15, 0.2) is 63.0 Å². The number of hydrogen-bond donors (Lipinski definition) is 2. The summed E-state index contributed by atoms with van der Waals surface area (Å²) in [5.41, 5.74) is 4.67. The molecule has 0 radical (unpaired) electrons. The number of oxazole rings is 1. The van der Waals surface area contributed by atoms with Gasteiger partial charge in [0.05, 0.1) is 16.9 Å². The molecule has 0 atom stereocenters. The molecule has 3 aromatic heterocycles. The lowest BCUT2D eigenvalue weighted by Gasteiger charge is -2.08. The fourth-order valence-corrected chi connectivity index (χ4v) is 3.98. The van der Waals surface area contributed by atoms with Crippen molar-refractivity contribution in [3.05, 3.63) is 75.8 Å². The Kier molecular flexibility index (Phi) is 4.87. The van der Waals surface area contributed by atoms with E-state index in [0.717, 1.165) is 33.3 Å². The molecule has 0 fully saturated rings. The Morgan fingerprint density at radius 1 is 1.00 bits per heavy atom. The summed E-state index contributed by atoms with van der Waals surface area (Å²) in [5.74, 6) is 1.09. The molecule has 0 saturated heterocycles. The van der Waals surface area contributed by atoms with E-state index in [4.69, 9.17) is 4.42 Å². The van der Waals surface area contributed by atoms with Crippen LogP contribution in [0, 0.1) is 13.8 Å². The Hall–Kier alpha value is -3.72. The molecule has 9 heteroatoms. The van der Waals surface area contributed by atoms with E-state index in [1.807, 2.05) is 50.2 Å². The van der Waals surface area contributed by atoms with Gasteiger partial charge < -0.3 is 4.42 Å². The predicted molar refractivity (Wildman–Crippen MR) is 121 cm³/mol. The first kappa shape index (κ1) is 19.3. The third-order valence-corrected chi connectivity index (χ3v) is 5.55. The molecule has 5 aromatic rings. The number of aromatic nitrogens is 5. The third kappa shape index (κ3) is 4.13. The Morgan fingerprint density at radius 2 is 1.87 bits per heavy atom. The number of aryl methyl sites for hydroxylation is 2. The summed E-state index contributed by atoms with van der Waals surface area (Å²) >= 11 is 1.38. The van der Waals surface area contributed by atoms with E-state index >= 15 is 0 Å². The van der Waals surface area contributed by atoms with Crippen molar-refractivity contribution in [1.82, 2.24) is 24.9 Å². The van der Waals surface area contributed by atoms with E-state index in [1.165, 1.54) is 17.8 Å². The standard InChI is InChI=1S/C22H18N6O2S/c1-12-7-8-16-15(9-12)13(2)23-20(25-16)28-21-24-14(10-19(29)27-21)11-31-22-26-17-5-3-4-6-18(17)30-22/h3-10H,11H2,1-2H3,(H2,23,24,25,27,28,29). The third-order valence-electron chi connectivity index (χ3n) is 4.68. The van der Waals surface area contributed by atoms with Gasteiger partial charge in [0, 0.05) is 17.2 Å². The number of fused-ring (bicyclic) bond motifs is 2. The lowest BCUT2D eigenvalue weighted by Crippen LogP contribution is -2.13. The lowest BCUT2D eigenvalue weighted by atomic mass is 10.1. The minimum atomic E-state index is -0.265. The first-order chi connectivity index (χ1) is 15.0. The number of rotatable bonds is 5. The fraction of sp³-hybridized carbons (Fsp3) is 0.136. The van der Waals surface area contributed by atoms with Crippen molar-refractivity contribution in [2.24, 2.45) is 0 Å². The van der Waals surface area contributed by atoms with Gasteiger partial charge in [-0.05, 0) is 38.1 Å². The van der Waals surface area contributed by atoms with E-state index in [0.29, 0.717) is 22.6 Å². The maximum Gasteiger partial charge on any atom is 0.257 e. The van der Waals surface area contributed by atoms with Gasteiger partial charge in [0.2, 0.25) is 11.9 Å². The molecule has 154 valence electrons. The first-order valence-corrected chi connectivity index (χ1v) is 10.6. The van der Waals surface area contributed by atoms with Crippen molar-refractivity contribution in [2.75, 3.05) is 5.32 Å². The molecular weight excluding hydrogens is 412 g/mol. The van der Waals surface area contributed by atoms with Gasteiger partial charge in [-0.1, -0.05) is 35.5 Å². The number of thioether (sulfide) groups is 1. The smallest absolute Gasteiger partial charge is 0.257 e. The minimum Gasteiger partial charge on any atom is -0.431 e. The van der Waals surface area contributed by atoms with Crippen LogP contribution in [0.5, 0.6) is 0 Å². The van der Waals surface area contributed by atoms with E-state index in [9.17, 15) is 4.79 Å². The van der Waals surface area contributed by atoms with Crippen LogP contribution in [-0.4, -0.2) is 24.9 Å². The summed E-state index contributed by atoms with van der Waals surface area (Å²) in [6.07, 6.45) is 0. The highest BCUT2D eigenvalue weighted by Crippen LogP contribution is 2.26. The Balaban J connectivity index is 1.37. The van der Waals surface area contributed by atoms with Gasteiger partial charge in [-0.2, -0.15) is 0 Å². The molecule has 0 bridgehead atoms. The molecule has 3 heterocycles. The van der Waals surface area contributed by atoms with Gasteiger partial charge in [-0.3, -0.25) is 15.1 Å². The zero-order valence-electron chi connectivity index (χ0n) is 16.8. The summed E-state index contributed by atoms with van der Waals surface area (Å²) < 4.78 is 5.71. The van der Waals surface area contributed by atoms with Crippen LogP contribution in [0.2, 0.25) is 0 Å².